The van der Waals surface area contributed by atoms with E-state index in [1.807, 2.05) is 20.8 Å². The van der Waals surface area contributed by atoms with Crippen LogP contribution in [0, 0.1) is 11.3 Å². The Kier molecular flexibility index (Phi) is 5.55. The van der Waals surface area contributed by atoms with Gasteiger partial charge in [-0.2, -0.15) is 0 Å². The molecule has 1 aromatic heterocycles. The predicted octanol–water partition coefficient (Wildman–Crippen LogP) is 3.38. The first kappa shape index (κ1) is 16.2. The van der Waals surface area contributed by atoms with Gasteiger partial charge < -0.3 is 10.4 Å². The Balaban J connectivity index is 2.57. The van der Waals surface area contributed by atoms with Gasteiger partial charge in [0, 0.05) is 6.54 Å². The number of carbonyl (C=O) groups is 2. The minimum Gasteiger partial charge on any atom is -0.481 e. The van der Waals surface area contributed by atoms with Crippen LogP contribution in [0.15, 0.2) is 15.9 Å². The summed E-state index contributed by atoms with van der Waals surface area (Å²) in [5.41, 5.74) is -0.0836. The number of hydrogen-bond donors (Lipinski definition) is 2. The molecule has 0 aromatic carbocycles. The first-order valence-corrected chi connectivity index (χ1v) is 7.56. The normalized spacial score (nSPS) is 13.1. The molecule has 0 saturated carbocycles. The van der Waals surface area contributed by atoms with Crippen LogP contribution in [0.5, 0.6) is 0 Å². The number of nitrogens with one attached hydrogen (secondary N) is 1. The standard InChI is InChI=1S/C13H18BrNO3S/c1-13(2,3)6-8(12(17)18)7-15-11(16)9-4-5-10(14)19-9/h4-5,8H,6-7H2,1-3H3,(H,15,16)(H,17,18). The van der Waals surface area contributed by atoms with Gasteiger partial charge >= 0.3 is 5.97 Å². The number of rotatable bonds is 5. The number of amides is 1. The van der Waals surface area contributed by atoms with Crippen LogP contribution in [0.4, 0.5) is 0 Å². The summed E-state index contributed by atoms with van der Waals surface area (Å²) in [6.45, 7) is 6.12. The van der Waals surface area contributed by atoms with Gasteiger partial charge in [-0.05, 0) is 39.9 Å². The van der Waals surface area contributed by atoms with Crippen molar-refractivity contribution in [2.24, 2.45) is 11.3 Å². The summed E-state index contributed by atoms with van der Waals surface area (Å²) in [5, 5.41) is 11.9. The fourth-order valence-corrected chi connectivity index (χ4v) is 3.03. The Bertz CT molecular complexity index is 465. The van der Waals surface area contributed by atoms with Crippen LogP contribution in [0.3, 0.4) is 0 Å². The lowest BCUT2D eigenvalue weighted by Gasteiger charge is -2.23. The molecule has 1 atom stereocenters. The molecule has 19 heavy (non-hydrogen) atoms. The fraction of sp³-hybridized carbons (Fsp3) is 0.538. The van der Waals surface area contributed by atoms with Gasteiger partial charge in [0.25, 0.3) is 5.91 Å². The van der Waals surface area contributed by atoms with Gasteiger partial charge in [0.05, 0.1) is 14.6 Å². The highest BCUT2D eigenvalue weighted by Gasteiger charge is 2.25. The van der Waals surface area contributed by atoms with Crippen LogP contribution in [-0.2, 0) is 4.79 Å². The van der Waals surface area contributed by atoms with Gasteiger partial charge in [-0.1, -0.05) is 20.8 Å². The zero-order chi connectivity index (χ0) is 14.6. The van der Waals surface area contributed by atoms with Crippen molar-refractivity contribution in [3.63, 3.8) is 0 Å². The van der Waals surface area contributed by atoms with E-state index in [2.05, 4.69) is 21.2 Å². The first-order chi connectivity index (χ1) is 8.69. The van der Waals surface area contributed by atoms with E-state index in [0.29, 0.717) is 11.3 Å². The molecule has 0 aliphatic heterocycles. The summed E-state index contributed by atoms with van der Waals surface area (Å²) >= 11 is 4.61. The molecule has 1 amide bonds. The fourth-order valence-electron chi connectivity index (χ4n) is 1.73. The molecule has 0 aliphatic rings. The van der Waals surface area contributed by atoms with Gasteiger partial charge in [-0.15, -0.1) is 11.3 Å². The molecule has 1 unspecified atom stereocenters. The minimum absolute atomic E-state index is 0.0836. The molecule has 6 heteroatoms. The summed E-state index contributed by atoms with van der Waals surface area (Å²) in [4.78, 5) is 23.6. The van der Waals surface area contributed by atoms with Crippen LogP contribution in [-0.4, -0.2) is 23.5 Å². The number of aliphatic carboxylic acids is 1. The van der Waals surface area contributed by atoms with Crippen molar-refractivity contribution in [1.82, 2.24) is 5.32 Å². The summed E-state index contributed by atoms with van der Waals surface area (Å²) in [5.74, 6) is -1.66. The lowest BCUT2D eigenvalue weighted by atomic mass is 9.84. The molecule has 0 radical (unpaired) electrons. The van der Waals surface area contributed by atoms with Gasteiger partial charge in [0.15, 0.2) is 0 Å². The van der Waals surface area contributed by atoms with Crippen molar-refractivity contribution in [3.05, 3.63) is 20.8 Å². The van der Waals surface area contributed by atoms with Crippen LogP contribution in [0.1, 0.15) is 36.9 Å². The molecule has 0 aliphatic carbocycles. The summed E-state index contributed by atoms with van der Waals surface area (Å²) in [6.07, 6.45) is 0.525. The second-order valence-corrected chi connectivity index (χ2v) is 8.08. The maximum Gasteiger partial charge on any atom is 0.308 e. The smallest absolute Gasteiger partial charge is 0.308 e. The number of hydrogen-bond acceptors (Lipinski definition) is 3. The zero-order valence-corrected chi connectivity index (χ0v) is 13.6. The summed E-state index contributed by atoms with van der Waals surface area (Å²) < 4.78 is 0.877. The number of carboxylic acid groups (broad SMARTS) is 1. The van der Waals surface area contributed by atoms with Gasteiger partial charge in [0.1, 0.15) is 0 Å². The van der Waals surface area contributed by atoms with Gasteiger partial charge in [-0.25, -0.2) is 0 Å². The first-order valence-electron chi connectivity index (χ1n) is 5.95. The molecule has 2 N–H and O–H groups in total. The van der Waals surface area contributed by atoms with E-state index in [0.717, 1.165) is 3.79 Å². The highest BCUT2D eigenvalue weighted by molar-refractivity contribution is 9.11. The Morgan fingerprint density at radius 3 is 2.47 bits per heavy atom. The Morgan fingerprint density at radius 2 is 2.05 bits per heavy atom. The van der Waals surface area contributed by atoms with Gasteiger partial charge in [-0.3, -0.25) is 9.59 Å². The maximum absolute atomic E-state index is 11.8. The Hall–Kier alpha value is -0.880. The molecule has 4 nitrogen and oxygen atoms in total. The van der Waals surface area contributed by atoms with Crippen molar-refractivity contribution >= 4 is 39.1 Å². The average molecular weight is 348 g/mol. The highest BCUT2D eigenvalue weighted by Crippen LogP contribution is 2.25. The van der Waals surface area contributed by atoms with Crippen molar-refractivity contribution in [2.75, 3.05) is 6.54 Å². The average Bonchev–Trinajstić information content (AvgIpc) is 2.68. The third kappa shape index (κ3) is 5.74. The van der Waals surface area contributed by atoms with E-state index in [1.165, 1.54) is 11.3 Å². The van der Waals surface area contributed by atoms with Crippen molar-refractivity contribution in [3.8, 4) is 0 Å². The zero-order valence-electron chi connectivity index (χ0n) is 11.2. The van der Waals surface area contributed by atoms with E-state index < -0.39 is 11.9 Å². The van der Waals surface area contributed by atoms with Crippen LogP contribution >= 0.6 is 27.3 Å². The second kappa shape index (κ2) is 6.52. The Labute approximate surface area is 125 Å². The van der Waals surface area contributed by atoms with E-state index in [4.69, 9.17) is 5.11 Å². The van der Waals surface area contributed by atoms with Crippen LogP contribution < -0.4 is 5.32 Å². The Morgan fingerprint density at radius 1 is 1.42 bits per heavy atom. The monoisotopic (exact) mass is 347 g/mol. The van der Waals surface area contributed by atoms with Crippen LogP contribution in [0.2, 0.25) is 0 Å². The quantitative estimate of drug-likeness (QED) is 0.857. The van der Waals surface area contributed by atoms with E-state index in [-0.39, 0.29) is 17.9 Å². The van der Waals surface area contributed by atoms with E-state index in [1.54, 1.807) is 12.1 Å². The van der Waals surface area contributed by atoms with E-state index >= 15 is 0 Å². The number of carbonyl (C=O) groups excluding carboxylic acids is 1. The molecular weight excluding hydrogens is 330 g/mol. The van der Waals surface area contributed by atoms with E-state index in [9.17, 15) is 9.59 Å². The SMILES string of the molecule is CC(C)(C)CC(CNC(=O)c1ccc(Br)s1)C(=O)O. The van der Waals surface area contributed by atoms with Crippen molar-refractivity contribution in [1.29, 1.82) is 0 Å². The third-order valence-electron chi connectivity index (χ3n) is 2.51. The van der Waals surface area contributed by atoms with Crippen molar-refractivity contribution in [2.45, 2.75) is 27.2 Å². The molecular formula is C13H18BrNO3S. The molecule has 106 valence electrons. The molecule has 1 heterocycles. The molecule has 1 aromatic rings. The molecule has 0 spiro atoms. The number of carboxylic acids is 1. The maximum atomic E-state index is 11.8. The number of halogens is 1. The summed E-state index contributed by atoms with van der Waals surface area (Å²) in [6, 6.07) is 3.51. The van der Waals surface area contributed by atoms with Crippen molar-refractivity contribution < 1.29 is 14.7 Å². The minimum atomic E-state index is -0.873. The number of thiophene rings is 1. The molecule has 0 bridgehead atoms. The molecule has 1 rings (SSSR count). The molecule has 0 saturated heterocycles. The second-order valence-electron chi connectivity index (χ2n) is 5.61. The van der Waals surface area contributed by atoms with Crippen LogP contribution in [0.25, 0.3) is 0 Å². The third-order valence-corrected chi connectivity index (χ3v) is 4.14. The molecule has 0 fully saturated rings. The summed E-state index contributed by atoms with van der Waals surface area (Å²) in [7, 11) is 0. The lowest BCUT2D eigenvalue weighted by molar-refractivity contribution is -0.142. The largest absolute Gasteiger partial charge is 0.481 e. The highest BCUT2D eigenvalue weighted by atomic mass is 79.9. The lowest BCUT2D eigenvalue weighted by Crippen LogP contribution is -2.34. The van der Waals surface area contributed by atoms with Gasteiger partial charge in [0.2, 0.25) is 0 Å². The predicted molar refractivity (Wildman–Crippen MR) is 79.6 cm³/mol. The topological polar surface area (TPSA) is 66.4 Å².